The molecule has 1 amide bonds. The molecule has 0 aliphatic rings. The molecule has 3 aromatic rings. The van der Waals surface area contributed by atoms with Gasteiger partial charge in [-0.3, -0.25) is 9.78 Å². The van der Waals surface area contributed by atoms with Crippen molar-refractivity contribution in [1.29, 1.82) is 0 Å². The van der Waals surface area contributed by atoms with E-state index in [1.165, 1.54) is 12.1 Å². The molecule has 2 aromatic carbocycles. The first-order chi connectivity index (χ1) is 12.5. The molecule has 0 fully saturated rings. The van der Waals surface area contributed by atoms with Gasteiger partial charge in [0.15, 0.2) is 0 Å². The Bertz CT molecular complexity index is 949. The number of rotatable bonds is 5. The Labute approximate surface area is 150 Å². The normalized spacial score (nSPS) is 12.0. The minimum atomic E-state index is -1.75. The smallest absolute Gasteiger partial charge is 0.423 e. The highest BCUT2D eigenvalue weighted by atomic mass is 19.1. The Morgan fingerprint density at radius 1 is 1.19 bits per heavy atom. The van der Waals surface area contributed by atoms with Crippen molar-refractivity contribution in [3.8, 4) is 0 Å². The number of anilines is 1. The molecular weight excluding hydrogens is 334 g/mol. The van der Waals surface area contributed by atoms with E-state index in [0.717, 1.165) is 16.8 Å². The minimum Gasteiger partial charge on any atom is -0.423 e. The third kappa shape index (κ3) is 3.74. The van der Waals surface area contributed by atoms with Gasteiger partial charge in [0.25, 0.3) is 0 Å². The predicted molar refractivity (Wildman–Crippen MR) is 99.6 cm³/mol. The van der Waals surface area contributed by atoms with E-state index in [9.17, 15) is 9.18 Å². The van der Waals surface area contributed by atoms with E-state index in [1.807, 2.05) is 18.2 Å². The molecule has 1 atom stereocenters. The van der Waals surface area contributed by atoms with E-state index in [0.29, 0.717) is 12.1 Å². The van der Waals surface area contributed by atoms with E-state index in [4.69, 9.17) is 10.0 Å². The average molecular weight is 352 g/mol. The van der Waals surface area contributed by atoms with Crippen LogP contribution < -0.4 is 10.8 Å². The highest BCUT2D eigenvalue weighted by Crippen LogP contribution is 2.25. The summed E-state index contributed by atoms with van der Waals surface area (Å²) in [5, 5.41) is 23.0. The van der Waals surface area contributed by atoms with Gasteiger partial charge in [0.05, 0.1) is 5.92 Å². The van der Waals surface area contributed by atoms with Gasteiger partial charge in [-0.25, -0.2) is 4.39 Å². The van der Waals surface area contributed by atoms with Crippen molar-refractivity contribution in [3.05, 3.63) is 66.2 Å². The van der Waals surface area contributed by atoms with Gasteiger partial charge < -0.3 is 15.4 Å². The molecule has 132 valence electrons. The highest BCUT2D eigenvalue weighted by Gasteiger charge is 2.23. The van der Waals surface area contributed by atoms with E-state index >= 15 is 0 Å². The topological polar surface area (TPSA) is 82.5 Å². The second-order valence-electron chi connectivity index (χ2n) is 6.04. The molecule has 0 bridgehead atoms. The number of aromatic nitrogens is 1. The predicted octanol–water partition coefficient (Wildman–Crippen LogP) is 2.19. The number of carbonyl (C=O) groups excluding carboxylic acids is 1. The zero-order valence-corrected chi connectivity index (χ0v) is 14.2. The summed E-state index contributed by atoms with van der Waals surface area (Å²) in [5.41, 5.74) is 0.888. The molecular formula is C19H18BFN2O3. The molecule has 0 aliphatic carbocycles. The Balaban J connectivity index is 1.84. The molecule has 0 saturated carbocycles. The molecule has 0 radical (unpaired) electrons. The van der Waals surface area contributed by atoms with Gasteiger partial charge in [-0.1, -0.05) is 25.1 Å². The van der Waals surface area contributed by atoms with Gasteiger partial charge in [0.2, 0.25) is 5.91 Å². The fourth-order valence-corrected chi connectivity index (χ4v) is 2.92. The summed E-state index contributed by atoms with van der Waals surface area (Å²) in [6, 6.07) is 11.2. The lowest BCUT2D eigenvalue weighted by Gasteiger charge is -2.17. The molecule has 1 unspecified atom stereocenters. The number of nitrogens with zero attached hydrogens (tertiary/aromatic N) is 1. The fourth-order valence-electron chi connectivity index (χ4n) is 2.92. The lowest BCUT2D eigenvalue weighted by atomic mass is 9.79. The molecule has 0 aliphatic heterocycles. The minimum absolute atomic E-state index is 0.0460. The van der Waals surface area contributed by atoms with Gasteiger partial charge in [0, 0.05) is 29.0 Å². The van der Waals surface area contributed by atoms with Crippen LogP contribution in [0.3, 0.4) is 0 Å². The van der Waals surface area contributed by atoms with Crippen LogP contribution >= 0.6 is 0 Å². The largest absolute Gasteiger partial charge is 0.488 e. The molecule has 0 spiro atoms. The Kier molecular flexibility index (Phi) is 5.30. The fraction of sp³-hybridized carbons (Fsp3) is 0.158. The Morgan fingerprint density at radius 2 is 2.00 bits per heavy atom. The van der Waals surface area contributed by atoms with Crippen molar-refractivity contribution < 1.29 is 19.2 Å². The van der Waals surface area contributed by atoms with Crippen LogP contribution in [0.15, 0.2) is 54.9 Å². The van der Waals surface area contributed by atoms with Crippen molar-refractivity contribution in [2.75, 3.05) is 5.32 Å². The zero-order valence-electron chi connectivity index (χ0n) is 14.2. The Hall–Kier alpha value is -2.77. The van der Waals surface area contributed by atoms with Crippen LogP contribution in [0.1, 0.15) is 24.8 Å². The first kappa shape index (κ1) is 18.0. The van der Waals surface area contributed by atoms with Crippen molar-refractivity contribution in [2.24, 2.45) is 0 Å². The maximum atomic E-state index is 14.3. The Morgan fingerprint density at radius 3 is 2.69 bits per heavy atom. The molecule has 7 heteroatoms. The number of hydrogen-bond donors (Lipinski definition) is 3. The second-order valence-corrected chi connectivity index (χ2v) is 6.04. The number of pyridine rings is 1. The number of nitrogens with one attached hydrogen (secondary N) is 1. The van der Waals surface area contributed by atoms with Crippen molar-refractivity contribution in [2.45, 2.75) is 19.3 Å². The van der Waals surface area contributed by atoms with Gasteiger partial charge in [-0.05, 0) is 41.5 Å². The molecule has 0 saturated heterocycles. The number of carbonyl (C=O) groups is 1. The number of halogens is 1. The van der Waals surface area contributed by atoms with Gasteiger partial charge in [0.1, 0.15) is 5.82 Å². The number of amides is 1. The third-order valence-corrected chi connectivity index (χ3v) is 4.33. The summed E-state index contributed by atoms with van der Waals surface area (Å²) in [7, 11) is -1.75. The monoisotopic (exact) mass is 352 g/mol. The third-order valence-electron chi connectivity index (χ3n) is 4.33. The van der Waals surface area contributed by atoms with Crippen LogP contribution in [-0.4, -0.2) is 28.1 Å². The lowest BCUT2D eigenvalue weighted by molar-refractivity contribution is -0.117. The zero-order chi connectivity index (χ0) is 18.7. The first-order valence-electron chi connectivity index (χ1n) is 8.29. The van der Waals surface area contributed by atoms with E-state index in [-0.39, 0.29) is 16.9 Å². The summed E-state index contributed by atoms with van der Waals surface area (Å²) >= 11 is 0. The molecule has 26 heavy (non-hydrogen) atoms. The maximum absolute atomic E-state index is 14.3. The summed E-state index contributed by atoms with van der Waals surface area (Å²) in [6.45, 7) is 1.80. The van der Waals surface area contributed by atoms with Crippen LogP contribution in [0.5, 0.6) is 0 Å². The second kappa shape index (κ2) is 7.64. The summed E-state index contributed by atoms with van der Waals surface area (Å²) in [6.07, 6.45) is 3.82. The number of benzene rings is 2. The van der Waals surface area contributed by atoms with Crippen LogP contribution in [0.4, 0.5) is 10.1 Å². The SMILES string of the molecule is CCC(C(=O)Nc1ccc2cnccc2c1)c1ccc(B(O)O)cc1F. The van der Waals surface area contributed by atoms with Crippen molar-refractivity contribution >= 4 is 34.9 Å². The van der Waals surface area contributed by atoms with E-state index in [1.54, 1.807) is 25.4 Å². The molecule has 1 aromatic heterocycles. The highest BCUT2D eigenvalue weighted by molar-refractivity contribution is 6.58. The molecule has 5 nitrogen and oxygen atoms in total. The number of hydrogen-bond acceptors (Lipinski definition) is 4. The van der Waals surface area contributed by atoms with Gasteiger partial charge in [-0.15, -0.1) is 0 Å². The van der Waals surface area contributed by atoms with Crippen LogP contribution in [0.2, 0.25) is 0 Å². The molecule has 1 heterocycles. The molecule has 3 N–H and O–H groups in total. The van der Waals surface area contributed by atoms with Gasteiger partial charge in [-0.2, -0.15) is 0 Å². The quantitative estimate of drug-likeness (QED) is 0.615. The van der Waals surface area contributed by atoms with Crippen LogP contribution in [-0.2, 0) is 4.79 Å². The first-order valence-corrected chi connectivity index (χ1v) is 8.29. The van der Waals surface area contributed by atoms with Crippen LogP contribution in [0, 0.1) is 5.82 Å². The van der Waals surface area contributed by atoms with Crippen LogP contribution in [0.25, 0.3) is 10.8 Å². The van der Waals surface area contributed by atoms with E-state index in [2.05, 4.69) is 10.3 Å². The summed E-state index contributed by atoms with van der Waals surface area (Å²) in [4.78, 5) is 16.7. The summed E-state index contributed by atoms with van der Waals surface area (Å²) in [5.74, 6) is -1.65. The summed E-state index contributed by atoms with van der Waals surface area (Å²) < 4.78 is 14.3. The van der Waals surface area contributed by atoms with Crippen molar-refractivity contribution in [1.82, 2.24) is 4.98 Å². The molecule has 3 rings (SSSR count). The van der Waals surface area contributed by atoms with Crippen molar-refractivity contribution in [3.63, 3.8) is 0 Å². The van der Waals surface area contributed by atoms with E-state index < -0.39 is 18.9 Å². The standard InChI is InChI=1S/C19H18BFN2O3/c1-2-16(17-6-4-14(20(25)26)10-18(17)21)19(24)23-15-5-3-13-11-22-8-7-12(13)9-15/h3-11,16,25-26H,2H2,1H3,(H,23,24). The number of fused-ring (bicyclic) bond motifs is 1. The average Bonchev–Trinajstić information content (AvgIpc) is 2.63. The van der Waals surface area contributed by atoms with Gasteiger partial charge >= 0.3 is 7.12 Å². The lowest BCUT2D eigenvalue weighted by Crippen LogP contribution is -2.31. The maximum Gasteiger partial charge on any atom is 0.488 e.